The van der Waals surface area contributed by atoms with Gasteiger partial charge in [0.25, 0.3) is 0 Å². The molecule has 0 aliphatic heterocycles. The van der Waals surface area contributed by atoms with Crippen molar-refractivity contribution in [3.8, 4) is 11.3 Å². The van der Waals surface area contributed by atoms with Crippen LogP contribution in [0.1, 0.15) is 28.4 Å². The van der Waals surface area contributed by atoms with Gasteiger partial charge >= 0.3 is 11.5 Å². The Hall–Kier alpha value is -2.54. The number of carboxylic acid groups (broad SMARTS) is 1. The molecule has 1 heterocycles. The minimum Gasteiger partial charge on any atom is -0.478 e. The summed E-state index contributed by atoms with van der Waals surface area (Å²) >= 11 is 0. The van der Waals surface area contributed by atoms with Crippen molar-refractivity contribution >= 4 is 5.97 Å². The van der Waals surface area contributed by atoms with Gasteiger partial charge in [-0.15, -0.1) is 0 Å². The number of aliphatic hydroxyl groups is 1. The number of aromatic nitrogens is 2. The monoisotopic (exact) mass is 306 g/mol. The second-order valence-electron chi connectivity index (χ2n) is 4.80. The summed E-state index contributed by atoms with van der Waals surface area (Å²) in [5.74, 6) is -1.03. The highest BCUT2D eigenvalue weighted by Crippen LogP contribution is 2.25. The molecule has 0 saturated carbocycles. The van der Waals surface area contributed by atoms with Crippen LogP contribution in [0.4, 0.5) is 0 Å². The van der Waals surface area contributed by atoms with E-state index in [0.29, 0.717) is 23.2 Å². The summed E-state index contributed by atoms with van der Waals surface area (Å²) in [4.78, 5) is 29.3. The highest BCUT2D eigenvalue weighted by molar-refractivity contribution is 5.89. The number of hydrogen-bond donors (Lipinski definition) is 3. The van der Waals surface area contributed by atoms with Gasteiger partial charge in [0, 0.05) is 11.1 Å². The summed E-state index contributed by atoms with van der Waals surface area (Å²) in [5, 5.41) is 20.7. The van der Waals surface area contributed by atoms with Crippen LogP contribution in [0.25, 0.3) is 11.3 Å². The zero-order chi connectivity index (χ0) is 16.3. The Morgan fingerprint density at radius 1 is 1.41 bits per heavy atom. The molecule has 0 atom stereocenters. The predicted octanol–water partition coefficient (Wildman–Crippen LogP) is 0.833. The molecular weight excluding hydrogens is 288 g/mol. The van der Waals surface area contributed by atoms with E-state index in [2.05, 4.69) is 5.10 Å². The molecule has 0 saturated heterocycles. The number of nitrogens with one attached hydrogen (secondary N) is 1. The van der Waals surface area contributed by atoms with E-state index in [9.17, 15) is 9.59 Å². The van der Waals surface area contributed by atoms with Crippen LogP contribution in [-0.4, -0.2) is 39.3 Å². The highest BCUT2D eigenvalue weighted by atomic mass is 16.7. The highest BCUT2D eigenvalue weighted by Gasteiger charge is 2.17. The molecule has 3 N–H and O–H groups in total. The second kappa shape index (κ2) is 6.48. The van der Waals surface area contributed by atoms with Crippen molar-refractivity contribution in [3.63, 3.8) is 0 Å². The number of aromatic carboxylic acids is 1. The molecule has 0 unspecified atom stereocenters. The molecule has 0 spiro atoms. The lowest BCUT2D eigenvalue weighted by molar-refractivity contribution is 0.0488. The van der Waals surface area contributed by atoms with E-state index in [0.717, 1.165) is 10.4 Å². The fourth-order valence-corrected chi connectivity index (χ4v) is 2.23. The quantitative estimate of drug-likeness (QED) is 0.733. The smallest absolute Gasteiger partial charge is 0.335 e. The fraction of sp³-hybridized carbons (Fsp3) is 0.333. The summed E-state index contributed by atoms with van der Waals surface area (Å²) in [6, 6.07) is 4.82. The van der Waals surface area contributed by atoms with Gasteiger partial charge in [0.15, 0.2) is 0 Å². The molecular formula is C15H18N2O5. The Labute approximate surface area is 126 Å². The number of aryl methyl sites for hydroxylation is 1. The van der Waals surface area contributed by atoms with Gasteiger partial charge in [-0.1, -0.05) is 17.8 Å². The van der Waals surface area contributed by atoms with E-state index in [1.165, 1.54) is 12.1 Å². The van der Waals surface area contributed by atoms with Crippen LogP contribution in [0, 0.1) is 6.92 Å². The van der Waals surface area contributed by atoms with E-state index in [-0.39, 0.29) is 24.3 Å². The van der Waals surface area contributed by atoms with Crippen molar-refractivity contribution in [2.75, 3.05) is 13.2 Å². The van der Waals surface area contributed by atoms with Crippen LogP contribution in [0.15, 0.2) is 23.0 Å². The molecule has 0 fully saturated rings. The van der Waals surface area contributed by atoms with Crippen molar-refractivity contribution in [2.45, 2.75) is 20.3 Å². The van der Waals surface area contributed by atoms with Crippen molar-refractivity contribution in [2.24, 2.45) is 0 Å². The van der Waals surface area contributed by atoms with Crippen molar-refractivity contribution < 1.29 is 19.8 Å². The molecule has 7 heteroatoms. The normalized spacial score (nSPS) is 10.7. The maximum absolute atomic E-state index is 12.1. The van der Waals surface area contributed by atoms with E-state index in [1.54, 1.807) is 13.0 Å². The third kappa shape index (κ3) is 2.89. The predicted molar refractivity (Wildman–Crippen MR) is 80.1 cm³/mol. The van der Waals surface area contributed by atoms with Gasteiger partial charge in [0.2, 0.25) is 0 Å². The van der Waals surface area contributed by atoms with Crippen LogP contribution in [0.5, 0.6) is 0 Å². The van der Waals surface area contributed by atoms with Gasteiger partial charge in [-0.3, -0.25) is 9.89 Å². The van der Waals surface area contributed by atoms with Crippen molar-refractivity contribution in [1.29, 1.82) is 0 Å². The maximum Gasteiger partial charge on any atom is 0.335 e. The van der Waals surface area contributed by atoms with Gasteiger partial charge in [0.1, 0.15) is 6.61 Å². The minimum atomic E-state index is -1.03. The largest absolute Gasteiger partial charge is 0.478 e. The third-order valence-corrected chi connectivity index (χ3v) is 3.41. The molecule has 2 aromatic rings. The molecule has 7 nitrogen and oxygen atoms in total. The average Bonchev–Trinajstić information content (AvgIpc) is 2.80. The summed E-state index contributed by atoms with van der Waals surface area (Å²) in [7, 11) is 0. The number of nitrogens with zero attached hydrogens (tertiary/aromatic N) is 1. The molecule has 0 amide bonds. The Morgan fingerprint density at radius 3 is 2.73 bits per heavy atom. The van der Waals surface area contributed by atoms with Crippen LogP contribution in [-0.2, 0) is 6.42 Å². The third-order valence-electron chi connectivity index (χ3n) is 3.41. The number of H-pyrrole nitrogens is 1. The Morgan fingerprint density at radius 2 is 2.14 bits per heavy atom. The summed E-state index contributed by atoms with van der Waals surface area (Å²) < 4.78 is 0. The number of aromatic amines is 1. The Bertz CT molecular complexity index is 745. The van der Waals surface area contributed by atoms with Gasteiger partial charge < -0.3 is 15.1 Å². The molecule has 0 aliphatic carbocycles. The number of carbonyl (C=O) groups is 1. The second-order valence-corrected chi connectivity index (χ2v) is 4.80. The SMILES string of the molecule is CCc1ccc(C(=O)O)cc1-c1[nH]n(OCCO)c(=O)c1C. The van der Waals surface area contributed by atoms with Gasteiger partial charge in [-0.2, -0.15) is 0 Å². The zero-order valence-electron chi connectivity index (χ0n) is 12.4. The first-order valence-corrected chi connectivity index (χ1v) is 6.92. The maximum atomic E-state index is 12.1. The molecule has 0 radical (unpaired) electrons. The first-order valence-electron chi connectivity index (χ1n) is 6.92. The van der Waals surface area contributed by atoms with E-state index in [4.69, 9.17) is 15.1 Å². The average molecular weight is 306 g/mol. The van der Waals surface area contributed by atoms with Gasteiger partial charge in [-0.25, -0.2) is 4.79 Å². The topological polar surface area (TPSA) is 105 Å². The Kier molecular flexibility index (Phi) is 4.67. The number of benzene rings is 1. The van der Waals surface area contributed by atoms with Gasteiger partial charge in [-0.05, 0) is 31.0 Å². The number of aliphatic hydroxyl groups excluding tert-OH is 1. The molecule has 0 aliphatic rings. The zero-order valence-corrected chi connectivity index (χ0v) is 12.4. The fourth-order valence-electron chi connectivity index (χ4n) is 2.23. The molecule has 118 valence electrons. The molecule has 1 aromatic heterocycles. The standard InChI is InChI=1S/C15H18N2O5/c1-3-10-4-5-11(15(20)21)8-12(10)13-9(2)14(19)17(16-13)22-7-6-18/h4-5,8,16,18H,3,6-7H2,1-2H3,(H,20,21). The van der Waals surface area contributed by atoms with Crippen LogP contribution < -0.4 is 10.4 Å². The molecule has 2 rings (SSSR count). The Balaban J connectivity index is 2.58. The first kappa shape index (κ1) is 15.8. The summed E-state index contributed by atoms with van der Waals surface area (Å²) in [6.07, 6.45) is 0.694. The first-order chi connectivity index (χ1) is 10.5. The van der Waals surface area contributed by atoms with E-state index >= 15 is 0 Å². The number of hydrogen-bond acceptors (Lipinski definition) is 4. The van der Waals surface area contributed by atoms with Crippen LogP contribution in [0.3, 0.4) is 0 Å². The lowest BCUT2D eigenvalue weighted by Gasteiger charge is -2.08. The lowest BCUT2D eigenvalue weighted by Crippen LogP contribution is -2.27. The van der Waals surface area contributed by atoms with Crippen molar-refractivity contribution in [1.82, 2.24) is 9.94 Å². The van der Waals surface area contributed by atoms with E-state index in [1.807, 2.05) is 6.92 Å². The molecule has 22 heavy (non-hydrogen) atoms. The molecule has 0 bridgehead atoms. The summed E-state index contributed by atoms with van der Waals surface area (Å²) in [6.45, 7) is 3.36. The van der Waals surface area contributed by atoms with E-state index < -0.39 is 5.97 Å². The van der Waals surface area contributed by atoms with Crippen molar-refractivity contribution in [3.05, 3.63) is 45.2 Å². The lowest BCUT2D eigenvalue weighted by atomic mass is 9.98. The number of carboxylic acids is 1. The summed E-state index contributed by atoms with van der Waals surface area (Å²) in [5.41, 5.74) is 2.30. The van der Waals surface area contributed by atoms with Gasteiger partial charge in [0.05, 0.1) is 17.9 Å². The number of rotatable bonds is 6. The van der Waals surface area contributed by atoms with Crippen LogP contribution in [0.2, 0.25) is 0 Å². The minimum absolute atomic E-state index is 0.0187. The van der Waals surface area contributed by atoms with Crippen LogP contribution >= 0.6 is 0 Å². The molecule has 1 aromatic carbocycles.